The molecule has 1 amide bonds. The monoisotopic (exact) mass is 420 g/mol. The first-order valence-corrected chi connectivity index (χ1v) is 10.9. The van der Waals surface area contributed by atoms with E-state index in [0.29, 0.717) is 24.1 Å². The predicted molar refractivity (Wildman–Crippen MR) is 122 cm³/mol. The molecule has 3 aromatic rings. The first-order valence-electron chi connectivity index (χ1n) is 10.9. The highest BCUT2D eigenvalue weighted by molar-refractivity contribution is 6.09. The van der Waals surface area contributed by atoms with Gasteiger partial charge in [-0.2, -0.15) is 0 Å². The van der Waals surface area contributed by atoms with Crippen LogP contribution in [0.5, 0.6) is 11.5 Å². The molecule has 0 aliphatic carbocycles. The van der Waals surface area contributed by atoms with E-state index in [9.17, 15) is 14.7 Å². The molecule has 0 fully saturated rings. The van der Waals surface area contributed by atoms with Crippen LogP contribution in [-0.2, 0) is 6.42 Å². The summed E-state index contributed by atoms with van der Waals surface area (Å²) < 4.78 is 7.35. The fourth-order valence-electron chi connectivity index (χ4n) is 4.27. The zero-order valence-electron chi connectivity index (χ0n) is 18.0. The number of rotatable bonds is 8. The number of carbonyl (C=O) groups is 1. The Morgan fingerprint density at radius 2 is 1.94 bits per heavy atom. The summed E-state index contributed by atoms with van der Waals surface area (Å²) >= 11 is 0. The van der Waals surface area contributed by atoms with Crippen molar-refractivity contribution in [3.63, 3.8) is 0 Å². The fraction of sp³-hybridized carbons (Fsp3) is 0.360. The van der Waals surface area contributed by atoms with Crippen molar-refractivity contribution in [2.45, 2.75) is 52.0 Å². The molecule has 1 aromatic heterocycles. The molecule has 6 nitrogen and oxygen atoms in total. The molecule has 0 spiro atoms. The lowest BCUT2D eigenvalue weighted by Gasteiger charge is -2.14. The van der Waals surface area contributed by atoms with Gasteiger partial charge in [-0.25, -0.2) is 0 Å². The second kappa shape index (κ2) is 8.84. The smallest absolute Gasteiger partial charge is 0.268 e. The molecule has 0 unspecified atom stereocenters. The highest BCUT2D eigenvalue weighted by Crippen LogP contribution is 2.36. The Bertz CT molecular complexity index is 1160. The molecule has 31 heavy (non-hydrogen) atoms. The van der Waals surface area contributed by atoms with E-state index >= 15 is 0 Å². The van der Waals surface area contributed by atoms with Gasteiger partial charge < -0.3 is 19.7 Å². The van der Waals surface area contributed by atoms with Crippen molar-refractivity contribution in [1.29, 1.82) is 0 Å². The molecule has 4 rings (SSSR count). The van der Waals surface area contributed by atoms with Crippen LogP contribution in [0.25, 0.3) is 10.9 Å². The highest BCUT2D eigenvalue weighted by Gasteiger charge is 2.29. The van der Waals surface area contributed by atoms with Crippen molar-refractivity contribution < 1.29 is 14.6 Å². The maximum atomic E-state index is 13.1. The standard InChI is InChI=1S/C25H28N2O4/c1-3-4-5-6-14-31-19-12-10-18(11-13-19)26-24(29)21-23(28)20-9-7-8-17-15-16(2)27(22(17)20)25(21)30/h7-13,16,28H,3-6,14-15H2,1-2H3,(H,26,29)/t16-/m1/s1. The number of aromatic hydroxyl groups is 1. The normalized spacial score (nSPS) is 14.7. The third-order valence-corrected chi connectivity index (χ3v) is 5.85. The number of amides is 1. The fourth-order valence-corrected chi connectivity index (χ4v) is 4.27. The number of benzene rings is 2. The van der Waals surface area contributed by atoms with Crippen LogP contribution in [0.4, 0.5) is 5.69 Å². The molecule has 0 radical (unpaired) electrons. The van der Waals surface area contributed by atoms with E-state index < -0.39 is 11.5 Å². The van der Waals surface area contributed by atoms with Gasteiger partial charge in [0.1, 0.15) is 17.1 Å². The third-order valence-electron chi connectivity index (χ3n) is 5.85. The molecule has 1 aliphatic rings. The zero-order valence-corrected chi connectivity index (χ0v) is 18.0. The minimum Gasteiger partial charge on any atom is -0.506 e. The Balaban J connectivity index is 1.53. The first-order chi connectivity index (χ1) is 15.0. The summed E-state index contributed by atoms with van der Waals surface area (Å²) in [6.45, 7) is 4.78. The van der Waals surface area contributed by atoms with Crippen LogP contribution < -0.4 is 15.6 Å². The van der Waals surface area contributed by atoms with Gasteiger partial charge in [-0.1, -0.05) is 38.3 Å². The van der Waals surface area contributed by atoms with E-state index in [1.54, 1.807) is 34.9 Å². The molecule has 6 heteroatoms. The van der Waals surface area contributed by atoms with Crippen LogP contribution in [0, 0.1) is 0 Å². The van der Waals surface area contributed by atoms with E-state index in [0.717, 1.165) is 29.7 Å². The quantitative estimate of drug-likeness (QED) is 0.501. The second-order valence-electron chi connectivity index (χ2n) is 8.15. The summed E-state index contributed by atoms with van der Waals surface area (Å²) in [5, 5.41) is 14.0. The van der Waals surface area contributed by atoms with Gasteiger partial charge in [0, 0.05) is 17.1 Å². The summed E-state index contributed by atoms with van der Waals surface area (Å²) in [4.78, 5) is 26.0. The largest absolute Gasteiger partial charge is 0.506 e. The molecule has 0 saturated heterocycles. The molecule has 0 saturated carbocycles. The van der Waals surface area contributed by atoms with Gasteiger partial charge in [0.05, 0.1) is 12.1 Å². The van der Waals surface area contributed by atoms with Crippen molar-refractivity contribution >= 4 is 22.5 Å². The molecule has 2 heterocycles. The Hall–Kier alpha value is -3.28. The Kier molecular flexibility index (Phi) is 5.98. The van der Waals surface area contributed by atoms with Gasteiger partial charge >= 0.3 is 0 Å². The van der Waals surface area contributed by atoms with Gasteiger partial charge in [-0.05, 0) is 55.7 Å². The number of unbranched alkanes of at least 4 members (excludes halogenated alkanes) is 3. The molecule has 2 aromatic carbocycles. The lowest BCUT2D eigenvalue weighted by molar-refractivity contribution is 0.102. The lowest BCUT2D eigenvalue weighted by Crippen LogP contribution is -2.30. The van der Waals surface area contributed by atoms with E-state index in [1.165, 1.54) is 12.8 Å². The number of nitrogens with one attached hydrogen (secondary N) is 1. The number of anilines is 1. The summed E-state index contributed by atoms with van der Waals surface area (Å²) in [5.74, 6) is -0.153. The third kappa shape index (κ3) is 4.02. The summed E-state index contributed by atoms with van der Waals surface area (Å²) in [6, 6.07) is 12.5. The second-order valence-corrected chi connectivity index (χ2v) is 8.15. The molecule has 0 bridgehead atoms. The van der Waals surface area contributed by atoms with Crippen molar-refractivity contribution in [3.8, 4) is 11.5 Å². The molecular weight excluding hydrogens is 392 g/mol. The minimum absolute atomic E-state index is 0.0618. The number of para-hydroxylation sites is 1. The maximum Gasteiger partial charge on any atom is 0.268 e. The van der Waals surface area contributed by atoms with Crippen molar-refractivity contribution in [1.82, 2.24) is 4.57 Å². The number of aromatic nitrogens is 1. The highest BCUT2D eigenvalue weighted by atomic mass is 16.5. The van der Waals surface area contributed by atoms with Crippen LogP contribution >= 0.6 is 0 Å². The van der Waals surface area contributed by atoms with Crippen molar-refractivity contribution in [2.75, 3.05) is 11.9 Å². The maximum absolute atomic E-state index is 13.1. The van der Waals surface area contributed by atoms with E-state index in [4.69, 9.17) is 4.74 Å². The number of pyridine rings is 1. The van der Waals surface area contributed by atoms with E-state index in [-0.39, 0.29) is 17.4 Å². The minimum atomic E-state index is -0.620. The molecule has 1 aliphatic heterocycles. The summed E-state index contributed by atoms with van der Waals surface area (Å²) in [6.07, 6.45) is 5.26. The van der Waals surface area contributed by atoms with Crippen LogP contribution in [0.15, 0.2) is 47.3 Å². The van der Waals surface area contributed by atoms with Gasteiger partial charge in [-0.3, -0.25) is 9.59 Å². The number of nitrogens with zero attached hydrogens (tertiary/aromatic N) is 1. The Morgan fingerprint density at radius 1 is 1.16 bits per heavy atom. The average Bonchev–Trinajstić information content (AvgIpc) is 3.10. The lowest BCUT2D eigenvalue weighted by atomic mass is 10.1. The first kappa shape index (κ1) is 21.0. The Labute approximate surface area is 181 Å². The van der Waals surface area contributed by atoms with E-state index in [2.05, 4.69) is 12.2 Å². The average molecular weight is 421 g/mol. The molecule has 2 N–H and O–H groups in total. The van der Waals surface area contributed by atoms with Gasteiger partial charge in [0.15, 0.2) is 0 Å². The number of carbonyl (C=O) groups excluding carboxylic acids is 1. The Morgan fingerprint density at radius 3 is 2.68 bits per heavy atom. The summed E-state index contributed by atoms with van der Waals surface area (Å²) in [5.41, 5.74) is 1.57. The van der Waals surface area contributed by atoms with Gasteiger partial charge in [-0.15, -0.1) is 0 Å². The van der Waals surface area contributed by atoms with Gasteiger partial charge in [0.2, 0.25) is 0 Å². The predicted octanol–water partition coefficient (Wildman–Crippen LogP) is 5.04. The summed E-state index contributed by atoms with van der Waals surface area (Å²) in [7, 11) is 0. The molecule has 162 valence electrons. The number of hydrogen-bond acceptors (Lipinski definition) is 4. The van der Waals surface area contributed by atoms with Crippen molar-refractivity contribution in [3.05, 3.63) is 63.9 Å². The van der Waals surface area contributed by atoms with Crippen LogP contribution in [-0.4, -0.2) is 22.2 Å². The number of ether oxygens (including phenoxy) is 1. The number of hydrogen-bond donors (Lipinski definition) is 2. The van der Waals surface area contributed by atoms with Crippen LogP contribution in [0.3, 0.4) is 0 Å². The van der Waals surface area contributed by atoms with Gasteiger partial charge in [0.25, 0.3) is 11.5 Å². The molecular formula is C25H28N2O4. The SMILES string of the molecule is CCCCCCOc1ccc(NC(=O)c2c(O)c3cccc4c3n(c2=O)[C@H](C)C4)cc1. The van der Waals surface area contributed by atoms with E-state index in [1.807, 2.05) is 19.1 Å². The molecule has 1 atom stereocenters. The topological polar surface area (TPSA) is 80.6 Å². The van der Waals surface area contributed by atoms with Crippen molar-refractivity contribution in [2.24, 2.45) is 0 Å². The van der Waals surface area contributed by atoms with Crippen LogP contribution in [0.2, 0.25) is 0 Å². The van der Waals surface area contributed by atoms with Crippen LogP contribution in [0.1, 0.15) is 61.5 Å². The zero-order chi connectivity index (χ0) is 22.0.